The number of aryl methyl sites for hydroxylation is 3. The summed E-state index contributed by atoms with van der Waals surface area (Å²) in [4.78, 5) is 0. The van der Waals surface area contributed by atoms with E-state index >= 15 is 0 Å². The molecule has 0 aliphatic heterocycles. The van der Waals surface area contributed by atoms with Crippen molar-refractivity contribution >= 4 is 0 Å². The molecule has 1 unspecified atom stereocenters. The normalized spacial score (nSPS) is 12.6. The lowest BCUT2D eigenvalue weighted by Crippen LogP contribution is -2.28. The average Bonchev–Trinajstić information content (AvgIpc) is 2.82. The molecule has 0 aliphatic rings. The third-order valence-electron chi connectivity index (χ3n) is 3.81. The van der Waals surface area contributed by atoms with Crippen molar-refractivity contribution in [3.05, 3.63) is 53.3 Å². The molecule has 0 saturated carbocycles. The van der Waals surface area contributed by atoms with E-state index < -0.39 is 0 Å². The lowest BCUT2D eigenvalue weighted by molar-refractivity contribution is 0.509. The van der Waals surface area contributed by atoms with Crippen molar-refractivity contribution in [1.29, 1.82) is 0 Å². The van der Waals surface area contributed by atoms with Crippen LogP contribution in [0.3, 0.4) is 0 Å². The van der Waals surface area contributed by atoms with Gasteiger partial charge in [0, 0.05) is 25.0 Å². The fraction of sp³-hybridized carbons (Fsp3) is 0.438. The summed E-state index contributed by atoms with van der Waals surface area (Å²) < 4.78 is 1.96. The van der Waals surface area contributed by atoms with Crippen LogP contribution in [0.4, 0.5) is 0 Å². The van der Waals surface area contributed by atoms with Gasteiger partial charge in [0.1, 0.15) is 0 Å². The second kappa shape index (κ2) is 6.53. The minimum Gasteiger partial charge on any atom is -0.317 e. The topological polar surface area (TPSA) is 29.9 Å². The minimum absolute atomic E-state index is 0.510. The fourth-order valence-electron chi connectivity index (χ4n) is 2.42. The maximum atomic E-state index is 4.21. The van der Waals surface area contributed by atoms with Gasteiger partial charge in [-0.3, -0.25) is 4.68 Å². The molecule has 2 aromatic rings. The van der Waals surface area contributed by atoms with Crippen LogP contribution >= 0.6 is 0 Å². The predicted octanol–water partition coefficient (Wildman–Crippen LogP) is 2.49. The largest absolute Gasteiger partial charge is 0.317 e. The molecule has 1 aromatic heterocycles. The van der Waals surface area contributed by atoms with E-state index in [1.54, 1.807) is 0 Å². The van der Waals surface area contributed by atoms with Gasteiger partial charge >= 0.3 is 0 Å². The second-order valence-electron chi connectivity index (χ2n) is 5.10. The minimum atomic E-state index is 0.510. The van der Waals surface area contributed by atoms with Gasteiger partial charge in [0.25, 0.3) is 0 Å². The molecule has 0 saturated heterocycles. The Morgan fingerprint density at radius 2 is 2.05 bits per heavy atom. The molecule has 0 radical (unpaired) electrons. The van der Waals surface area contributed by atoms with Crippen molar-refractivity contribution in [3.63, 3.8) is 0 Å². The Bertz CT molecular complexity index is 516. The van der Waals surface area contributed by atoms with Gasteiger partial charge < -0.3 is 5.32 Å². The number of likely N-dealkylation sites (N-methyl/N-ethyl adjacent to an activating group) is 1. The van der Waals surface area contributed by atoms with Gasteiger partial charge in [-0.15, -0.1) is 0 Å². The van der Waals surface area contributed by atoms with Crippen molar-refractivity contribution in [1.82, 2.24) is 15.1 Å². The quantitative estimate of drug-likeness (QED) is 0.861. The Morgan fingerprint density at radius 3 is 2.68 bits per heavy atom. The van der Waals surface area contributed by atoms with E-state index in [0.29, 0.717) is 6.04 Å². The zero-order chi connectivity index (χ0) is 13.7. The highest BCUT2D eigenvalue weighted by Crippen LogP contribution is 2.13. The second-order valence-corrected chi connectivity index (χ2v) is 5.10. The van der Waals surface area contributed by atoms with E-state index in [9.17, 15) is 0 Å². The standard InChI is InChI=1S/C16H23N3/c1-13-6-4-5-7-14(13)12-15(17-2)8-9-16-10-11-18-19(16)3/h4-7,10-11,15,17H,8-9,12H2,1-3H3. The molecular formula is C16H23N3. The number of rotatable bonds is 6. The molecular weight excluding hydrogens is 234 g/mol. The Hall–Kier alpha value is -1.61. The van der Waals surface area contributed by atoms with Crippen LogP contribution in [0, 0.1) is 6.92 Å². The van der Waals surface area contributed by atoms with Gasteiger partial charge in [-0.2, -0.15) is 5.10 Å². The molecule has 0 spiro atoms. The molecule has 19 heavy (non-hydrogen) atoms. The molecule has 3 nitrogen and oxygen atoms in total. The van der Waals surface area contributed by atoms with Gasteiger partial charge in [0.15, 0.2) is 0 Å². The Morgan fingerprint density at radius 1 is 1.26 bits per heavy atom. The molecule has 0 fully saturated rings. The molecule has 1 heterocycles. The molecule has 0 amide bonds. The summed E-state index contributed by atoms with van der Waals surface area (Å²) in [6.07, 6.45) is 5.14. The number of benzene rings is 1. The van der Waals surface area contributed by atoms with Crippen molar-refractivity contribution in [3.8, 4) is 0 Å². The van der Waals surface area contributed by atoms with Gasteiger partial charge in [-0.1, -0.05) is 24.3 Å². The first kappa shape index (κ1) is 13.8. The molecule has 1 atom stereocenters. The highest BCUT2D eigenvalue weighted by molar-refractivity contribution is 5.26. The number of aromatic nitrogens is 2. The summed E-state index contributed by atoms with van der Waals surface area (Å²) in [5.74, 6) is 0. The van der Waals surface area contributed by atoms with E-state index in [-0.39, 0.29) is 0 Å². The Kier molecular flexibility index (Phi) is 4.74. The zero-order valence-electron chi connectivity index (χ0n) is 12.1. The highest BCUT2D eigenvalue weighted by Gasteiger charge is 2.10. The van der Waals surface area contributed by atoms with E-state index in [1.165, 1.54) is 16.8 Å². The van der Waals surface area contributed by atoms with E-state index in [2.05, 4.69) is 47.7 Å². The summed E-state index contributed by atoms with van der Waals surface area (Å²) in [6, 6.07) is 11.2. The molecule has 102 valence electrons. The lowest BCUT2D eigenvalue weighted by Gasteiger charge is -2.17. The monoisotopic (exact) mass is 257 g/mol. The summed E-state index contributed by atoms with van der Waals surface area (Å²) >= 11 is 0. The summed E-state index contributed by atoms with van der Waals surface area (Å²) in [7, 11) is 4.05. The third kappa shape index (κ3) is 3.67. The lowest BCUT2D eigenvalue weighted by atomic mass is 9.98. The van der Waals surface area contributed by atoms with Crippen LogP contribution in [-0.2, 0) is 19.9 Å². The summed E-state index contributed by atoms with van der Waals surface area (Å²) in [6.45, 7) is 2.18. The maximum Gasteiger partial charge on any atom is 0.0492 e. The van der Waals surface area contributed by atoms with Crippen molar-refractivity contribution in [2.45, 2.75) is 32.2 Å². The number of nitrogens with one attached hydrogen (secondary N) is 1. The third-order valence-corrected chi connectivity index (χ3v) is 3.81. The summed E-state index contributed by atoms with van der Waals surface area (Å²) in [5, 5.41) is 7.64. The van der Waals surface area contributed by atoms with Crippen LogP contribution in [0.15, 0.2) is 36.5 Å². The number of hydrogen-bond donors (Lipinski definition) is 1. The van der Waals surface area contributed by atoms with Gasteiger partial charge in [0.05, 0.1) is 0 Å². The smallest absolute Gasteiger partial charge is 0.0492 e. The van der Waals surface area contributed by atoms with Crippen LogP contribution in [0.25, 0.3) is 0 Å². The molecule has 0 bridgehead atoms. The molecule has 1 N–H and O–H groups in total. The SMILES string of the molecule is CNC(CCc1ccnn1C)Cc1ccccc1C. The van der Waals surface area contributed by atoms with Crippen LogP contribution in [0.2, 0.25) is 0 Å². The van der Waals surface area contributed by atoms with E-state index in [1.807, 2.05) is 25.0 Å². The van der Waals surface area contributed by atoms with Crippen LogP contribution in [-0.4, -0.2) is 22.9 Å². The predicted molar refractivity (Wildman–Crippen MR) is 79.3 cm³/mol. The van der Waals surface area contributed by atoms with Gasteiger partial charge in [-0.25, -0.2) is 0 Å². The average molecular weight is 257 g/mol. The van der Waals surface area contributed by atoms with Crippen LogP contribution in [0.5, 0.6) is 0 Å². The van der Waals surface area contributed by atoms with Gasteiger partial charge in [0.2, 0.25) is 0 Å². The summed E-state index contributed by atoms with van der Waals surface area (Å²) in [5.41, 5.74) is 4.11. The molecule has 1 aromatic carbocycles. The fourth-order valence-corrected chi connectivity index (χ4v) is 2.42. The van der Waals surface area contributed by atoms with E-state index in [4.69, 9.17) is 0 Å². The molecule has 0 aliphatic carbocycles. The van der Waals surface area contributed by atoms with Crippen molar-refractivity contribution in [2.75, 3.05) is 7.05 Å². The van der Waals surface area contributed by atoms with Gasteiger partial charge in [-0.05, 0) is 50.4 Å². The number of nitrogens with zero attached hydrogens (tertiary/aromatic N) is 2. The highest BCUT2D eigenvalue weighted by atomic mass is 15.2. The first-order valence-corrected chi connectivity index (χ1v) is 6.89. The van der Waals surface area contributed by atoms with Crippen LogP contribution < -0.4 is 5.32 Å². The van der Waals surface area contributed by atoms with Crippen LogP contribution in [0.1, 0.15) is 23.2 Å². The maximum absolute atomic E-state index is 4.21. The molecule has 2 rings (SSSR count). The first-order chi connectivity index (χ1) is 9.20. The molecule has 3 heteroatoms. The first-order valence-electron chi connectivity index (χ1n) is 6.89. The Balaban J connectivity index is 1.94. The number of hydrogen-bond acceptors (Lipinski definition) is 2. The van der Waals surface area contributed by atoms with Crippen molar-refractivity contribution in [2.24, 2.45) is 7.05 Å². The zero-order valence-corrected chi connectivity index (χ0v) is 12.1. The van der Waals surface area contributed by atoms with E-state index in [0.717, 1.165) is 19.3 Å². The van der Waals surface area contributed by atoms with Crippen molar-refractivity contribution < 1.29 is 0 Å². The Labute approximate surface area is 115 Å².